The first kappa shape index (κ1) is 22.7. The zero-order valence-electron chi connectivity index (χ0n) is 16.5. The standard InChI is InChI=1S/C22H27N3O3.ClH/c1-28-19-12-6-11-18(14-19)24-21(26)16-9-5-10-17(13-16)25-22(27)20(23)15-7-3-2-4-8-15;/h5-6,9-15,20H,2-4,7-8,23H2,1H3,(H,24,26)(H,25,27);1H/t20-;/m1./s1. The highest BCUT2D eigenvalue weighted by Crippen LogP contribution is 2.26. The number of carbonyl (C=O) groups excluding carboxylic acids is 2. The lowest BCUT2D eigenvalue weighted by molar-refractivity contribution is -0.118. The van der Waals surface area contributed by atoms with E-state index in [4.69, 9.17) is 10.5 Å². The number of ether oxygens (including phenoxy) is 1. The zero-order chi connectivity index (χ0) is 19.9. The Balaban J connectivity index is 0.00000300. The van der Waals surface area contributed by atoms with E-state index in [9.17, 15) is 9.59 Å². The van der Waals surface area contributed by atoms with Crippen molar-refractivity contribution >= 4 is 35.6 Å². The minimum atomic E-state index is -0.519. The maximum Gasteiger partial charge on any atom is 0.255 e. The number of hydrogen-bond acceptors (Lipinski definition) is 4. The van der Waals surface area contributed by atoms with Gasteiger partial charge in [0, 0.05) is 23.0 Å². The third-order valence-electron chi connectivity index (χ3n) is 5.18. The number of methoxy groups -OCH3 is 1. The Morgan fingerprint density at radius 2 is 1.66 bits per heavy atom. The predicted octanol–water partition coefficient (Wildman–Crippen LogP) is 4.22. The molecule has 1 aliphatic carbocycles. The molecule has 0 aliphatic heterocycles. The summed E-state index contributed by atoms with van der Waals surface area (Å²) in [6.07, 6.45) is 5.47. The molecule has 2 aromatic carbocycles. The summed E-state index contributed by atoms with van der Waals surface area (Å²) in [6.45, 7) is 0. The first-order chi connectivity index (χ1) is 13.6. The van der Waals surface area contributed by atoms with Gasteiger partial charge in [-0.2, -0.15) is 0 Å². The van der Waals surface area contributed by atoms with Gasteiger partial charge in [-0.25, -0.2) is 0 Å². The van der Waals surface area contributed by atoms with Crippen molar-refractivity contribution in [3.63, 3.8) is 0 Å². The molecule has 2 aromatic rings. The molecule has 0 heterocycles. The van der Waals surface area contributed by atoms with Crippen molar-refractivity contribution in [3.8, 4) is 5.75 Å². The second kappa shape index (κ2) is 10.8. The van der Waals surface area contributed by atoms with E-state index in [2.05, 4.69) is 10.6 Å². The van der Waals surface area contributed by atoms with Gasteiger partial charge < -0.3 is 21.1 Å². The predicted molar refractivity (Wildman–Crippen MR) is 118 cm³/mol. The summed E-state index contributed by atoms with van der Waals surface area (Å²) in [5.41, 5.74) is 7.82. The number of nitrogens with two attached hydrogens (primary N) is 1. The maximum absolute atomic E-state index is 12.5. The minimum Gasteiger partial charge on any atom is -0.497 e. The zero-order valence-corrected chi connectivity index (χ0v) is 17.3. The molecule has 6 nitrogen and oxygen atoms in total. The van der Waals surface area contributed by atoms with Crippen LogP contribution >= 0.6 is 12.4 Å². The van der Waals surface area contributed by atoms with Gasteiger partial charge in [-0.05, 0) is 49.1 Å². The number of benzene rings is 2. The van der Waals surface area contributed by atoms with Crippen LogP contribution in [0.5, 0.6) is 5.75 Å². The molecule has 0 radical (unpaired) electrons. The van der Waals surface area contributed by atoms with Crippen LogP contribution in [-0.2, 0) is 4.79 Å². The van der Waals surface area contributed by atoms with E-state index < -0.39 is 6.04 Å². The lowest BCUT2D eigenvalue weighted by Gasteiger charge is -2.26. The summed E-state index contributed by atoms with van der Waals surface area (Å²) < 4.78 is 5.17. The van der Waals surface area contributed by atoms with Crippen molar-refractivity contribution in [2.24, 2.45) is 11.7 Å². The number of carbonyl (C=O) groups is 2. The van der Waals surface area contributed by atoms with Gasteiger partial charge in [0.05, 0.1) is 13.2 Å². The van der Waals surface area contributed by atoms with Crippen LogP contribution in [0.2, 0.25) is 0 Å². The molecule has 0 saturated heterocycles. The third kappa shape index (κ3) is 6.21. The molecule has 2 amide bonds. The molecular weight excluding hydrogens is 390 g/mol. The Morgan fingerprint density at radius 3 is 2.34 bits per heavy atom. The smallest absolute Gasteiger partial charge is 0.255 e. The van der Waals surface area contributed by atoms with Crippen molar-refractivity contribution in [1.29, 1.82) is 0 Å². The summed E-state index contributed by atoms with van der Waals surface area (Å²) in [7, 11) is 1.57. The van der Waals surface area contributed by atoms with E-state index in [1.807, 2.05) is 0 Å². The van der Waals surface area contributed by atoms with Crippen LogP contribution < -0.4 is 21.1 Å². The van der Waals surface area contributed by atoms with Crippen molar-refractivity contribution in [2.45, 2.75) is 38.1 Å². The molecule has 1 atom stereocenters. The van der Waals surface area contributed by atoms with Crippen molar-refractivity contribution < 1.29 is 14.3 Å². The van der Waals surface area contributed by atoms with Gasteiger partial charge in [0.2, 0.25) is 5.91 Å². The Bertz CT molecular complexity index is 838. The molecule has 1 aliphatic rings. The Kier molecular flexibility index (Phi) is 8.49. The number of nitrogens with one attached hydrogen (secondary N) is 2. The lowest BCUT2D eigenvalue weighted by Crippen LogP contribution is -2.42. The molecule has 0 aromatic heterocycles. The quantitative estimate of drug-likeness (QED) is 0.656. The number of rotatable bonds is 6. The fourth-order valence-electron chi connectivity index (χ4n) is 3.58. The first-order valence-electron chi connectivity index (χ1n) is 9.69. The number of halogens is 1. The lowest BCUT2D eigenvalue weighted by atomic mass is 9.84. The fraction of sp³-hybridized carbons (Fsp3) is 0.364. The van der Waals surface area contributed by atoms with Crippen LogP contribution in [-0.4, -0.2) is 25.0 Å². The SMILES string of the molecule is COc1cccc(NC(=O)c2cccc(NC(=O)[C@H](N)C3CCCCC3)c2)c1.Cl. The number of anilines is 2. The molecule has 4 N–H and O–H groups in total. The summed E-state index contributed by atoms with van der Waals surface area (Å²) >= 11 is 0. The van der Waals surface area contributed by atoms with Gasteiger partial charge in [-0.3, -0.25) is 9.59 Å². The minimum absolute atomic E-state index is 0. The molecule has 1 fully saturated rings. The number of hydrogen-bond donors (Lipinski definition) is 3. The molecule has 0 spiro atoms. The van der Waals surface area contributed by atoms with Crippen molar-refractivity contribution in [3.05, 3.63) is 54.1 Å². The van der Waals surface area contributed by atoms with Gasteiger partial charge in [-0.1, -0.05) is 31.4 Å². The second-order valence-electron chi connectivity index (χ2n) is 7.18. The summed E-state index contributed by atoms with van der Waals surface area (Å²) in [4.78, 5) is 25.0. The monoisotopic (exact) mass is 417 g/mol. The topological polar surface area (TPSA) is 93.5 Å². The van der Waals surface area contributed by atoms with Crippen LogP contribution in [0.15, 0.2) is 48.5 Å². The largest absolute Gasteiger partial charge is 0.497 e. The Morgan fingerprint density at radius 1 is 1.00 bits per heavy atom. The summed E-state index contributed by atoms with van der Waals surface area (Å²) in [5, 5.41) is 5.68. The van der Waals surface area contributed by atoms with E-state index in [-0.39, 0.29) is 30.1 Å². The highest BCUT2D eigenvalue weighted by Gasteiger charge is 2.26. The molecule has 7 heteroatoms. The average molecular weight is 418 g/mol. The second-order valence-corrected chi connectivity index (χ2v) is 7.18. The van der Waals surface area contributed by atoms with Gasteiger partial charge >= 0.3 is 0 Å². The summed E-state index contributed by atoms with van der Waals surface area (Å²) in [6, 6.07) is 13.5. The normalized spacial score (nSPS) is 15.0. The molecule has 3 rings (SSSR count). The molecule has 1 saturated carbocycles. The van der Waals surface area contributed by atoms with Crippen LogP contribution in [0, 0.1) is 5.92 Å². The number of amides is 2. The Hall–Kier alpha value is -2.57. The van der Waals surface area contributed by atoms with E-state index >= 15 is 0 Å². The van der Waals surface area contributed by atoms with E-state index in [1.54, 1.807) is 55.6 Å². The van der Waals surface area contributed by atoms with Crippen LogP contribution in [0.3, 0.4) is 0 Å². The average Bonchev–Trinajstić information content (AvgIpc) is 2.74. The van der Waals surface area contributed by atoms with Crippen molar-refractivity contribution in [1.82, 2.24) is 0 Å². The Labute approximate surface area is 177 Å². The molecular formula is C22H28ClN3O3. The van der Waals surface area contributed by atoms with Crippen molar-refractivity contribution in [2.75, 3.05) is 17.7 Å². The molecule has 156 valence electrons. The van der Waals surface area contributed by atoms with Crippen LogP contribution in [0.25, 0.3) is 0 Å². The highest BCUT2D eigenvalue weighted by molar-refractivity contribution is 6.05. The molecule has 0 unspecified atom stereocenters. The highest BCUT2D eigenvalue weighted by atomic mass is 35.5. The van der Waals surface area contributed by atoms with Gasteiger partial charge in [0.15, 0.2) is 0 Å². The van der Waals surface area contributed by atoms with Gasteiger partial charge in [-0.15, -0.1) is 12.4 Å². The van der Waals surface area contributed by atoms with E-state index in [1.165, 1.54) is 6.42 Å². The first-order valence-corrected chi connectivity index (χ1v) is 9.69. The fourth-order valence-corrected chi connectivity index (χ4v) is 3.58. The van der Waals surface area contributed by atoms with E-state index in [0.29, 0.717) is 22.7 Å². The molecule has 29 heavy (non-hydrogen) atoms. The maximum atomic E-state index is 12.5. The van der Waals surface area contributed by atoms with E-state index in [0.717, 1.165) is 25.7 Å². The van der Waals surface area contributed by atoms with Crippen LogP contribution in [0.1, 0.15) is 42.5 Å². The molecule has 0 bridgehead atoms. The third-order valence-corrected chi connectivity index (χ3v) is 5.18. The van der Waals surface area contributed by atoms with Gasteiger partial charge in [0.25, 0.3) is 5.91 Å². The summed E-state index contributed by atoms with van der Waals surface area (Å²) in [5.74, 6) is 0.432. The van der Waals surface area contributed by atoms with Crippen LogP contribution in [0.4, 0.5) is 11.4 Å². The van der Waals surface area contributed by atoms with Gasteiger partial charge in [0.1, 0.15) is 5.75 Å².